The minimum Gasteiger partial charge on any atom is -0.485 e. The first kappa shape index (κ1) is 26.5. The fourth-order valence-corrected chi connectivity index (χ4v) is 5.49. The molecule has 0 radical (unpaired) electrons. The van der Waals surface area contributed by atoms with E-state index in [2.05, 4.69) is 40.0 Å². The number of piperidine rings is 1. The number of benzene rings is 1. The lowest BCUT2D eigenvalue weighted by Crippen LogP contribution is -2.38. The number of nitrogens with zero attached hydrogens (tertiary/aromatic N) is 6. The number of carbonyl (C=O) groups excluding carboxylic acids is 2. The molecular formula is C28H36N8O3. The molecule has 1 atom stereocenters. The maximum Gasteiger partial charge on any atom is 0.245 e. The Bertz CT molecular complexity index is 1390. The average molecular weight is 533 g/mol. The van der Waals surface area contributed by atoms with Gasteiger partial charge in [0.05, 0.1) is 23.4 Å². The number of hydrogen-bond acceptors (Lipinski definition) is 8. The van der Waals surface area contributed by atoms with E-state index >= 15 is 0 Å². The molecule has 206 valence electrons. The Morgan fingerprint density at radius 1 is 1.26 bits per heavy atom. The maximum atomic E-state index is 12.1. The van der Waals surface area contributed by atoms with Gasteiger partial charge in [-0.25, -0.2) is 4.98 Å². The molecule has 4 heterocycles. The van der Waals surface area contributed by atoms with E-state index in [4.69, 9.17) is 14.7 Å². The third-order valence-electron chi connectivity index (χ3n) is 7.77. The van der Waals surface area contributed by atoms with Crippen molar-refractivity contribution >= 4 is 34.5 Å². The summed E-state index contributed by atoms with van der Waals surface area (Å²) in [6.07, 6.45) is 5.10. The van der Waals surface area contributed by atoms with Crippen molar-refractivity contribution in [3.05, 3.63) is 47.8 Å². The SMILES string of the molecule is C=CC(=O)N1CCC(c2nc(NCCC(=O)N(C)C)nc3c2OCC(c2c(C)ccc4[nH]ncc24)N3C)CC1. The van der Waals surface area contributed by atoms with Crippen LogP contribution >= 0.6 is 0 Å². The van der Waals surface area contributed by atoms with Crippen molar-refractivity contribution in [2.75, 3.05) is 57.6 Å². The van der Waals surface area contributed by atoms with Crippen molar-refractivity contribution in [1.82, 2.24) is 30.0 Å². The second-order valence-electron chi connectivity index (χ2n) is 10.4. The number of aryl methyl sites for hydroxylation is 1. The molecule has 5 rings (SSSR count). The molecule has 1 fully saturated rings. The summed E-state index contributed by atoms with van der Waals surface area (Å²) in [7, 11) is 5.52. The normalized spacial score (nSPS) is 17.5. The molecule has 11 nitrogen and oxygen atoms in total. The van der Waals surface area contributed by atoms with Crippen molar-refractivity contribution in [3.8, 4) is 5.75 Å². The highest BCUT2D eigenvalue weighted by Gasteiger charge is 2.35. The van der Waals surface area contributed by atoms with Crippen LogP contribution in [0.25, 0.3) is 10.9 Å². The molecule has 1 saturated heterocycles. The Hall–Kier alpha value is -4.15. The summed E-state index contributed by atoms with van der Waals surface area (Å²) < 4.78 is 6.47. The van der Waals surface area contributed by atoms with Crippen LogP contribution in [-0.2, 0) is 9.59 Å². The highest BCUT2D eigenvalue weighted by molar-refractivity contribution is 5.87. The van der Waals surface area contributed by atoms with Gasteiger partial charge >= 0.3 is 0 Å². The number of nitrogens with one attached hydrogen (secondary N) is 2. The van der Waals surface area contributed by atoms with Crippen LogP contribution in [0.4, 0.5) is 11.8 Å². The first-order valence-electron chi connectivity index (χ1n) is 13.3. The van der Waals surface area contributed by atoms with Crippen LogP contribution in [0, 0.1) is 6.92 Å². The summed E-state index contributed by atoms with van der Waals surface area (Å²) in [5.74, 6) is 1.96. The van der Waals surface area contributed by atoms with Crippen molar-refractivity contribution < 1.29 is 14.3 Å². The zero-order valence-corrected chi connectivity index (χ0v) is 23.0. The molecular weight excluding hydrogens is 496 g/mol. The Kier molecular flexibility index (Phi) is 7.40. The number of likely N-dealkylation sites (N-methyl/N-ethyl adjacent to an activating group) is 1. The van der Waals surface area contributed by atoms with Crippen molar-refractivity contribution in [1.29, 1.82) is 0 Å². The van der Waals surface area contributed by atoms with E-state index < -0.39 is 0 Å². The standard InChI is InChI=1S/C28H36N8O3/c1-6-22(37)36-13-10-18(11-14-36)25-26-27(32-28(31-25)29-12-9-23(38)34(3)4)35(5)21(16-39-26)24-17(2)7-8-20-19(24)15-30-33-20/h6-8,15,18,21H,1,9-14,16H2,2-5H3,(H,30,33)(H,29,31,32). The van der Waals surface area contributed by atoms with E-state index in [-0.39, 0.29) is 23.8 Å². The second kappa shape index (κ2) is 10.9. The average Bonchev–Trinajstić information content (AvgIpc) is 3.42. The number of aromatic nitrogens is 4. The number of likely N-dealkylation sites (tertiary alicyclic amines) is 1. The van der Waals surface area contributed by atoms with Crippen LogP contribution in [0.5, 0.6) is 5.75 Å². The van der Waals surface area contributed by atoms with Crippen LogP contribution in [0.1, 0.15) is 48.0 Å². The number of fused-ring (bicyclic) bond motifs is 2. The van der Waals surface area contributed by atoms with Gasteiger partial charge in [-0.05, 0) is 43.0 Å². The Morgan fingerprint density at radius 2 is 2.03 bits per heavy atom. The van der Waals surface area contributed by atoms with E-state index in [0.717, 1.165) is 40.6 Å². The Labute approximate surface area is 228 Å². The maximum absolute atomic E-state index is 12.1. The predicted molar refractivity (Wildman–Crippen MR) is 150 cm³/mol. The molecule has 1 unspecified atom stereocenters. The molecule has 2 aliphatic heterocycles. The van der Waals surface area contributed by atoms with Gasteiger partial charge in [-0.3, -0.25) is 14.7 Å². The number of hydrogen-bond donors (Lipinski definition) is 2. The van der Waals surface area contributed by atoms with Crippen molar-refractivity contribution in [2.45, 2.75) is 38.1 Å². The number of rotatable bonds is 7. The lowest BCUT2D eigenvalue weighted by molar-refractivity contribution is -0.128. The van der Waals surface area contributed by atoms with Gasteiger partial charge in [-0.1, -0.05) is 12.6 Å². The van der Waals surface area contributed by atoms with E-state index in [9.17, 15) is 9.59 Å². The summed E-state index contributed by atoms with van der Waals surface area (Å²) in [5.41, 5.74) is 4.13. The molecule has 2 aromatic heterocycles. The summed E-state index contributed by atoms with van der Waals surface area (Å²) in [4.78, 5) is 39.6. The van der Waals surface area contributed by atoms with Gasteiger partial charge in [0, 0.05) is 58.5 Å². The monoisotopic (exact) mass is 532 g/mol. The predicted octanol–water partition coefficient (Wildman–Crippen LogP) is 3.01. The van der Waals surface area contributed by atoms with Gasteiger partial charge in [-0.2, -0.15) is 10.1 Å². The molecule has 3 aromatic rings. The molecule has 0 spiro atoms. The summed E-state index contributed by atoms with van der Waals surface area (Å²) in [6, 6.07) is 4.06. The minimum absolute atomic E-state index is 0.0316. The summed E-state index contributed by atoms with van der Waals surface area (Å²) >= 11 is 0. The number of ether oxygens (including phenoxy) is 1. The molecule has 0 aliphatic carbocycles. The van der Waals surface area contributed by atoms with Gasteiger partial charge in [0.2, 0.25) is 17.8 Å². The second-order valence-corrected chi connectivity index (χ2v) is 10.4. The fourth-order valence-electron chi connectivity index (χ4n) is 5.49. The number of aromatic amines is 1. The first-order valence-corrected chi connectivity index (χ1v) is 13.3. The highest BCUT2D eigenvalue weighted by atomic mass is 16.5. The van der Waals surface area contributed by atoms with Crippen LogP contribution in [0.3, 0.4) is 0 Å². The lowest BCUT2D eigenvalue weighted by Gasteiger charge is -2.38. The third-order valence-corrected chi connectivity index (χ3v) is 7.77. The molecule has 2 amide bonds. The van der Waals surface area contributed by atoms with Gasteiger partial charge in [0.25, 0.3) is 0 Å². The van der Waals surface area contributed by atoms with Gasteiger partial charge < -0.3 is 24.8 Å². The lowest BCUT2D eigenvalue weighted by atomic mass is 9.91. The van der Waals surface area contributed by atoms with E-state index in [1.54, 1.807) is 19.0 Å². The molecule has 1 aromatic carbocycles. The molecule has 2 aliphatic rings. The van der Waals surface area contributed by atoms with Crippen LogP contribution in [-0.4, -0.2) is 89.2 Å². The number of anilines is 2. The van der Waals surface area contributed by atoms with Crippen LogP contribution in [0.2, 0.25) is 0 Å². The molecule has 11 heteroatoms. The fraction of sp³-hybridized carbons (Fsp3) is 0.464. The minimum atomic E-state index is -0.0724. The van der Waals surface area contributed by atoms with Gasteiger partial charge in [-0.15, -0.1) is 0 Å². The number of H-pyrrole nitrogens is 1. The topological polar surface area (TPSA) is 120 Å². The smallest absolute Gasteiger partial charge is 0.245 e. The van der Waals surface area contributed by atoms with Gasteiger partial charge in [0.1, 0.15) is 6.61 Å². The van der Waals surface area contributed by atoms with E-state index in [1.807, 2.05) is 24.2 Å². The first-order chi connectivity index (χ1) is 18.8. The largest absolute Gasteiger partial charge is 0.485 e. The quantitative estimate of drug-likeness (QED) is 0.446. The number of carbonyl (C=O) groups is 2. The van der Waals surface area contributed by atoms with E-state index in [1.165, 1.54) is 6.08 Å². The summed E-state index contributed by atoms with van der Waals surface area (Å²) in [5, 5.41) is 11.7. The van der Waals surface area contributed by atoms with Crippen molar-refractivity contribution in [2.24, 2.45) is 0 Å². The molecule has 2 N–H and O–H groups in total. The molecule has 39 heavy (non-hydrogen) atoms. The third kappa shape index (κ3) is 5.13. The Balaban J connectivity index is 1.48. The van der Waals surface area contributed by atoms with Gasteiger partial charge in [0.15, 0.2) is 11.6 Å². The van der Waals surface area contributed by atoms with Crippen LogP contribution < -0.4 is 15.0 Å². The van der Waals surface area contributed by atoms with Crippen LogP contribution in [0.15, 0.2) is 31.0 Å². The zero-order valence-electron chi connectivity index (χ0n) is 23.0. The molecule has 0 saturated carbocycles. The van der Waals surface area contributed by atoms with E-state index in [0.29, 0.717) is 50.2 Å². The highest BCUT2D eigenvalue weighted by Crippen LogP contribution is 2.45. The zero-order chi connectivity index (χ0) is 27.7. The summed E-state index contributed by atoms with van der Waals surface area (Å²) in [6.45, 7) is 7.85. The number of amides is 2. The Morgan fingerprint density at radius 3 is 2.74 bits per heavy atom. The van der Waals surface area contributed by atoms with Crippen molar-refractivity contribution in [3.63, 3.8) is 0 Å². The molecule has 0 bridgehead atoms.